The van der Waals surface area contributed by atoms with E-state index in [1.165, 1.54) is 25.7 Å². The van der Waals surface area contributed by atoms with Crippen LogP contribution in [0.25, 0.3) is 0 Å². The van der Waals surface area contributed by atoms with Gasteiger partial charge in [0, 0.05) is 0 Å². The molecule has 3 fully saturated rings. The quantitative estimate of drug-likeness (QED) is 0.612. The van der Waals surface area contributed by atoms with Gasteiger partial charge in [-0.05, 0) is 67.6 Å². The number of hydrogen-bond acceptors (Lipinski definition) is 0. The maximum atomic E-state index is 2.64. The lowest BCUT2D eigenvalue weighted by molar-refractivity contribution is 0.0460. The van der Waals surface area contributed by atoms with Gasteiger partial charge in [-0.1, -0.05) is 33.1 Å². The van der Waals surface area contributed by atoms with Crippen molar-refractivity contribution >= 4 is 0 Å². The van der Waals surface area contributed by atoms with E-state index < -0.39 is 0 Å². The molecule has 0 heterocycles. The van der Waals surface area contributed by atoms with Crippen LogP contribution in [0.3, 0.4) is 0 Å². The Morgan fingerprint density at radius 3 is 2.69 bits per heavy atom. The van der Waals surface area contributed by atoms with E-state index in [9.17, 15) is 0 Å². The van der Waals surface area contributed by atoms with Gasteiger partial charge in [-0.2, -0.15) is 0 Å². The van der Waals surface area contributed by atoms with Gasteiger partial charge in [0.2, 0.25) is 0 Å². The Hall–Kier alpha value is 0. The van der Waals surface area contributed by atoms with Crippen molar-refractivity contribution in [3.63, 3.8) is 0 Å². The van der Waals surface area contributed by atoms with Crippen molar-refractivity contribution in [2.45, 2.75) is 71.6 Å². The number of hydrogen-bond donors (Lipinski definition) is 0. The van der Waals surface area contributed by atoms with Crippen molar-refractivity contribution in [3.8, 4) is 0 Å². The Bertz CT molecular complexity index is 257. The van der Waals surface area contributed by atoms with Crippen LogP contribution in [-0.4, -0.2) is 0 Å². The summed E-state index contributed by atoms with van der Waals surface area (Å²) in [5, 5.41) is 0. The molecule has 0 amide bonds. The zero-order chi connectivity index (χ0) is 11.2. The van der Waals surface area contributed by atoms with E-state index in [2.05, 4.69) is 13.8 Å². The molecule has 0 N–H and O–H groups in total. The lowest BCUT2D eigenvalue weighted by atomic mass is 9.60. The predicted molar refractivity (Wildman–Crippen MR) is 69.3 cm³/mol. The zero-order valence-electron chi connectivity index (χ0n) is 11.2. The van der Waals surface area contributed by atoms with Crippen LogP contribution >= 0.6 is 0 Å². The Kier molecular flexibility index (Phi) is 2.80. The Morgan fingerprint density at radius 1 is 1.06 bits per heavy atom. The molecule has 0 radical (unpaired) electrons. The van der Waals surface area contributed by atoms with Gasteiger partial charge in [0.1, 0.15) is 0 Å². The van der Waals surface area contributed by atoms with E-state index in [1.807, 2.05) is 0 Å². The normalized spacial score (nSPS) is 51.4. The third-order valence-corrected chi connectivity index (χ3v) is 6.30. The van der Waals surface area contributed by atoms with Crippen molar-refractivity contribution in [1.82, 2.24) is 0 Å². The average molecular weight is 220 g/mol. The maximum Gasteiger partial charge on any atom is -0.0292 e. The first-order valence-electron chi connectivity index (χ1n) is 7.73. The average Bonchev–Trinajstić information content (AvgIpc) is 2.72. The van der Waals surface area contributed by atoms with Crippen LogP contribution in [0.2, 0.25) is 0 Å². The second kappa shape index (κ2) is 4.03. The molecule has 0 spiro atoms. The molecule has 5 atom stereocenters. The highest BCUT2D eigenvalue weighted by Crippen LogP contribution is 2.59. The summed E-state index contributed by atoms with van der Waals surface area (Å²) in [7, 11) is 0. The first kappa shape index (κ1) is 11.1. The predicted octanol–water partition coefficient (Wildman–Crippen LogP) is 5.03. The highest BCUT2D eigenvalue weighted by molar-refractivity contribution is 4.99. The van der Waals surface area contributed by atoms with Crippen LogP contribution in [0.5, 0.6) is 0 Å². The molecule has 0 heteroatoms. The third kappa shape index (κ3) is 1.64. The third-order valence-electron chi connectivity index (χ3n) is 6.30. The van der Waals surface area contributed by atoms with Gasteiger partial charge in [0.25, 0.3) is 0 Å². The fourth-order valence-corrected chi connectivity index (χ4v) is 5.62. The summed E-state index contributed by atoms with van der Waals surface area (Å²) in [6, 6.07) is 0. The van der Waals surface area contributed by atoms with Crippen molar-refractivity contribution in [2.24, 2.45) is 29.1 Å². The summed E-state index contributed by atoms with van der Waals surface area (Å²) in [5.41, 5.74) is 0.735. The molecule has 5 unspecified atom stereocenters. The molecule has 0 aromatic carbocycles. The molecule has 0 aromatic heterocycles. The molecular weight excluding hydrogens is 192 g/mol. The molecule has 0 saturated heterocycles. The van der Waals surface area contributed by atoms with E-state index in [0.717, 1.165) is 29.1 Å². The smallest absolute Gasteiger partial charge is 0.0292 e. The van der Waals surface area contributed by atoms with Crippen LogP contribution < -0.4 is 0 Å². The van der Waals surface area contributed by atoms with Gasteiger partial charge < -0.3 is 0 Å². The lowest BCUT2D eigenvalue weighted by Gasteiger charge is -2.46. The molecule has 3 saturated carbocycles. The summed E-state index contributed by atoms with van der Waals surface area (Å²) >= 11 is 0. The highest BCUT2D eigenvalue weighted by Gasteiger charge is 2.49. The summed E-state index contributed by atoms with van der Waals surface area (Å²) in [4.78, 5) is 0. The topological polar surface area (TPSA) is 0 Å². The van der Waals surface area contributed by atoms with Crippen LogP contribution in [0.15, 0.2) is 0 Å². The lowest BCUT2D eigenvalue weighted by Crippen LogP contribution is -2.36. The van der Waals surface area contributed by atoms with Crippen molar-refractivity contribution in [1.29, 1.82) is 0 Å². The Morgan fingerprint density at radius 2 is 1.88 bits per heavy atom. The SMILES string of the molecule is CCCC1C2CCC(C2)C2CCCC1(C)C2. The maximum absolute atomic E-state index is 2.64. The van der Waals surface area contributed by atoms with E-state index >= 15 is 0 Å². The molecule has 0 aliphatic heterocycles. The minimum absolute atomic E-state index is 0.735. The van der Waals surface area contributed by atoms with E-state index in [4.69, 9.17) is 0 Å². The minimum Gasteiger partial charge on any atom is -0.0654 e. The molecule has 4 bridgehead atoms. The molecule has 3 rings (SSSR count). The Labute approximate surface area is 101 Å². The van der Waals surface area contributed by atoms with Gasteiger partial charge in [0.05, 0.1) is 0 Å². The van der Waals surface area contributed by atoms with Gasteiger partial charge in [-0.15, -0.1) is 0 Å². The monoisotopic (exact) mass is 220 g/mol. The van der Waals surface area contributed by atoms with E-state index in [-0.39, 0.29) is 0 Å². The minimum atomic E-state index is 0.735. The van der Waals surface area contributed by atoms with Crippen LogP contribution in [0.4, 0.5) is 0 Å². The molecule has 16 heavy (non-hydrogen) atoms. The number of rotatable bonds is 2. The summed E-state index contributed by atoms with van der Waals surface area (Å²) < 4.78 is 0. The number of fused-ring (bicyclic) bond motifs is 5. The molecule has 92 valence electrons. The van der Waals surface area contributed by atoms with E-state index in [0.29, 0.717) is 0 Å². The molecule has 0 nitrogen and oxygen atoms in total. The fourth-order valence-electron chi connectivity index (χ4n) is 5.62. The second-order valence-electron chi connectivity index (χ2n) is 7.24. The van der Waals surface area contributed by atoms with Crippen molar-refractivity contribution in [2.75, 3.05) is 0 Å². The largest absolute Gasteiger partial charge is 0.0654 e. The van der Waals surface area contributed by atoms with E-state index in [1.54, 1.807) is 32.1 Å². The highest BCUT2D eigenvalue weighted by atomic mass is 14.5. The first-order chi connectivity index (χ1) is 7.73. The standard InChI is InChI=1S/C16H28/c1-3-5-15-13-8-7-12(10-13)14-6-4-9-16(15,2)11-14/h12-15H,3-11H2,1-2H3. The van der Waals surface area contributed by atoms with Crippen molar-refractivity contribution in [3.05, 3.63) is 0 Å². The van der Waals surface area contributed by atoms with Crippen LogP contribution in [-0.2, 0) is 0 Å². The summed E-state index contributed by atoms with van der Waals surface area (Å²) in [5.74, 6) is 4.43. The van der Waals surface area contributed by atoms with Gasteiger partial charge in [-0.3, -0.25) is 0 Å². The van der Waals surface area contributed by atoms with Gasteiger partial charge >= 0.3 is 0 Å². The zero-order valence-corrected chi connectivity index (χ0v) is 11.2. The molecule has 3 aliphatic rings. The van der Waals surface area contributed by atoms with Crippen molar-refractivity contribution < 1.29 is 0 Å². The Balaban J connectivity index is 1.89. The van der Waals surface area contributed by atoms with Crippen LogP contribution in [0, 0.1) is 29.1 Å². The van der Waals surface area contributed by atoms with Gasteiger partial charge in [-0.25, -0.2) is 0 Å². The fraction of sp³-hybridized carbons (Fsp3) is 1.00. The van der Waals surface area contributed by atoms with Gasteiger partial charge in [0.15, 0.2) is 0 Å². The van der Waals surface area contributed by atoms with Crippen LogP contribution in [0.1, 0.15) is 71.6 Å². The molecular formula is C16H28. The first-order valence-corrected chi connectivity index (χ1v) is 7.73. The summed E-state index contributed by atoms with van der Waals surface area (Å²) in [6.07, 6.45) is 13.9. The molecule has 3 aliphatic carbocycles. The molecule has 0 aromatic rings. The summed E-state index contributed by atoms with van der Waals surface area (Å²) in [6.45, 7) is 5.03. The second-order valence-corrected chi connectivity index (χ2v) is 7.24.